The highest BCUT2D eigenvalue weighted by Gasteiger charge is 2.59. The Morgan fingerprint density at radius 3 is 2.70 bits per heavy atom. The van der Waals surface area contributed by atoms with Crippen LogP contribution in [0, 0.1) is 0 Å². The van der Waals surface area contributed by atoms with E-state index in [0.717, 1.165) is 4.68 Å². The summed E-state index contributed by atoms with van der Waals surface area (Å²) in [5.41, 5.74) is 0.901. The molecule has 2 saturated heterocycles. The van der Waals surface area contributed by atoms with Gasteiger partial charge in [0.1, 0.15) is 12.2 Å². The lowest BCUT2D eigenvalue weighted by Crippen LogP contribution is -2.58. The van der Waals surface area contributed by atoms with E-state index in [1.165, 1.54) is 6.20 Å². The molecule has 1 aliphatic carbocycles. The first-order valence-electron chi connectivity index (χ1n) is 12.1. The number of aromatic nitrogens is 4. The van der Waals surface area contributed by atoms with Gasteiger partial charge in [-0.1, -0.05) is 23.2 Å². The first kappa shape index (κ1) is 25.1. The molecule has 0 amide bonds. The SMILES string of the molecule is CC1(N2CC[C@H](c3cc4nc(Nc5cnn(C6CC6(F)F)c5Cl)ncc4cc3Cl)[C@@H](F)C2)COC[C@H]1O. The number of ether oxygens (including phenoxy) is 1. The number of anilines is 2. The van der Waals surface area contributed by atoms with Crippen molar-refractivity contribution in [2.75, 3.05) is 31.6 Å². The highest BCUT2D eigenvalue weighted by atomic mass is 35.5. The second-order valence-corrected chi connectivity index (χ2v) is 11.0. The molecule has 2 N–H and O–H groups in total. The van der Waals surface area contributed by atoms with Crippen molar-refractivity contribution in [3.63, 3.8) is 0 Å². The molecule has 13 heteroatoms. The number of benzene rings is 1. The molecular formula is C24H25Cl2F3N6O2. The number of aliphatic hydroxyl groups excluding tert-OH is 1. The predicted molar refractivity (Wildman–Crippen MR) is 133 cm³/mol. The minimum absolute atomic E-state index is 0.0428. The van der Waals surface area contributed by atoms with Crippen LogP contribution in [0.2, 0.25) is 10.2 Å². The number of nitrogens with zero attached hydrogens (tertiary/aromatic N) is 5. The first-order valence-corrected chi connectivity index (χ1v) is 12.8. The molecule has 1 aromatic carbocycles. The molecule has 1 saturated carbocycles. The van der Waals surface area contributed by atoms with Crippen molar-refractivity contribution in [2.45, 2.75) is 55.5 Å². The molecule has 198 valence electrons. The van der Waals surface area contributed by atoms with Gasteiger partial charge >= 0.3 is 0 Å². The van der Waals surface area contributed by atoms with Gasteiger partial charge in [-0.3, -0.25) is 4.90 Å². The second kappa shape index (κ2) is 8.94. The molecule has 0 radical (unpaired) electrons. The van der Waals surface area contributed by atoms with Gasteiger partial charge in [0.05, 0.1) is 42.3 Å². The van der Waals surface area contributed by atoms with Gasteiger partial charge < -0.3 is 15.2 Å². The zero-order valence-corrected chi connectivity index (χ0v) is 21.4. The largest absolute Gasteiger partial charge is 0.389 e. The quantitative estimate of drug-likeness (QED) is 0.469. The molecule has 0 bridgehead atoms. The van der Waals surface area contributed by atoms with E-state index in [1.807, 2.05) is 11.8 Å². The van der Waals surface area contributed by atoms with Crippen molar-refractivity contribution >= 4 is 45.7 Å². The number of alkyl halides is 3. The average molecular weight is 557 g/mol. The Bertz CT molecular complexity index is 1360. The van der Waals surface area contributed by atoms with Gasteiger partial charge in [0, 0.05) is 35.5 Å². The number of piperidine rings is 1. The van der Waals surface area contributed by atoms with Crippen molar-refractivity contribution in [1.29, 1.82) is 0 Å². The highest BCUT2D eigenvalue weighted by molar-refractivity contribution is 6.32. The van der Waals surface area contributed by atoms with Gasteiger partial charge in [-0.2, -0.15) is 5.10 Å². The molecule has 3 aromatic rings. The second-order valence-electron chi connectivity index (χ2n) is 10.3. The lowest BCUT2D eigenvalue weighted by Gasteiger charge is -2.45. The summed E-state index contributed by atoms with van der Waals surface area (Å²) in [6, 6.07) is 2.43. The Balaban J connectivity index is 1.23. The Morgan fingerprint density at radius 1 is 1.24 bits per heavy atom. The fraction of sp³-hybridized carbons (Fsp3) is 0.542. The third-order valence-corrected chi connectivity index (χ3v) is 8.52. The number of hydrogen-bond acceptors (Lipinski definition) is 7. The fourth-order valence-corrected chi connectivity index (χ4v) is 5.89. The zero-order chi connectivity index (χ0) is 26.1. The van der Waals surface area contributed by atoms with Crippen molar-refractivity contribution in [1.82, 2.24) is 24.6 Å². The van der Waals surface area contributed by atoms with Crippen LogP contribution in [0.5, 0.6) is 0 Å². The van der Waals surface area contributed by atoms with E-state index in [-0.39, 0.29) is 30.7 Å². The summed E-state index contributed by atoms with van der Waals surface area (Å²) in [5, 5.41) is 18.4. The minimum Gasteiger partial charge on any atom is -0.389 e. The molecule has 8 nitrogen and oxygen atoms in total. The number of nitrogens with one attached hydrogen (secondary N) is 1. The topological polar surface area (TPSA) is 88.3 Å². The van der Waals surface area contributed by atoms with Crippen LogP contribution in [-0.2, 0) is 4.74 Å². The molecule has 2 unspecified atom stereocenters. The molecule has 5 atom stereocenters. The third-order valence-electron chi connectivity index (χ3n) is 7.82. The highest BCUT2D eigenvalue weighted by Crippen LogP contribution is 2.53. The fourth-order valence-electron chi connectivity index (χ4n) is 5.32. The zero-order valence-electron chi connectivity index (χ0n) is 19.8. The predicted octanol–water partition coefficient (Wildman–Crippen LogP) is 4.73. The van der Waals surface area contributed by atoms with E-state index in [4.69, 9.17) is 27.9 Å². The minimum atomic E-state index is -2.81. The van der Waals surface area contributed by atoms with Gasteiger partial charge in [-0.25, -0.2) is 27.8 Å². The Kier molecular flexibility index (Phi) is 6.07. The standard InChI is InChI=1S/C24H25Cl2F3N6O2/c1-23(11-37-10-20(23)36)34-3-2-13(16(27)9-34)14-5-17-12(4-15(14)25)7-30-22(32-17)33-18-8-31-35(21(18)26)19-6-24(19,28)29/h4-5,7-8,13,16,19-20,36H,2-3,6,9-11H2,1H3,(H,30,32,33)/t13-,16+,19?,20-,23?/m1/s1. The van der Waals surface area contributed by atoms with Crippen LogP contribution in [-0.4, -0.2) is 79.8 Å². The van der Waals surface area contributed by atoms with E-state index < -0.39 is 35.7 Å². The number of hydrogen-bond donors (Lipinski definition) is 2. The molecule has 37 heavy (non-hydrogen) atoms. The van der Waals surface area contributed by atoms with Crippen LogP contribution in [0.15, 0.2) is 24.5 Å². The Labute approximate surface area is 220 Å². The van der Waals surface area contributed by atoms with E-state index in [9.17, 15) is 13.9 Å². The number of likely N-dealkylation sites (tertiary alicyclic amines) is 1. The summed E-state index contributed by atoms with van der Waals surface area (Å²) >= 11 is 12.8. The summed E-state index contributed by atoms with van der Waals surface area (Å²) in [6.07, 6.45) is 1.29. The van der Waals surface area contributed by atoms with E-state index in [0.29, 0.717) is 46.7 Å². The Morgan fingerprint density at radius 2 is 2.03 bits per heavy atom. The summed E-state index contributed by atoms with van der Waals surface area (Å²) in [7, 11) is 0. The van der Waals surface area contributed by atoms with Crippen LogP contribution in [0.25, 0.3) is 10.9 Å². The van der Waals surface area contributed by atoms with Gasteiger partial charge in [0.25, 0.3) is 5.92 Å². The maximum absolute atomic E-state index is 15.5. The van der Waals surface area contributed by atoms with Crippen LogP contribution in [0.4, 0.5) is 24.8 Å². The molecule has 6 rings (SSSR count). The summed E-state index contributed by atoms with van der Waals surface area (Å²) in [6.45, 7) is 3.27. The molecule has 4 heterocycles. The van der Waals surface area contributed by atoms with Crippen molar-refractivity contribution in [2.24, 2.45) is 0 Å². The van der Waals surface area contributed by atoms with E-state index >= 15 is 4.39 Å². The summed E-state index contributed by atoms with van der Waals surface area (Å²) in [5.74, 6) is -3.05. The van der Waals surface area contributed by atoms with Gasteiger partial charge in [0.2, 0.25) is 5.95 Å². The monoisotopic (exact) mass is 556 g/mol. The molecular weight excluding hydrogens is 532 g/mol. The van der Waals surface area contributed by atoms with Crippen LogP contribution >= 0.6 is 23.2 Å². The number of halogens is 5. The van der Waals surface area contributed by atoms with Crippen LogP contribution in [0.1, 0.15) is 37.3 Å². The first-order chi connectivity index (χ1) is 17.6. The maximum atomic E-state index is 15.5. The molecule has 3 aliphatic rings. The molecule has 3 fully saturated rings. The number of fused-ring (bicyclic) bond motifs is 1. The van der Waals surface area contributed by atoms with Crippen LogP contribution < -0.4 is 5.32 Å². The average Bonchev–Trinajstić information content (AvgIpc) is 3.13. The number of aliphatic hydroxyl groups is 1. The van der Waals surface area contributed by atoms with Crippen molar-refractivity contribution < 1.29 is 23.0 Å². The summed E-state index contributed by atoms with van der Waals surface area (Å²) < 4.78 is 48.9. The van der Waals surface area contributed by atoms with Gasteiger partial charge in [0.15, 0.2) is 5.15 Å². The lowest BCUT2D eigenvalue weighted by molar-refractivity contribution is -0.0238. The Hall–Kier alpha value is -2.18. The molecule has 2 aromatic heterocycles. The van der Waals surface area contributed by atoms with E-state index in [1.54, 1.807) is 18.3 Å². The number of rotatable bonds is 5. The van der Waals surface area contributed by atoms with Crippen molar-refractivity contribution in [3.05, 3.63) is 40.3 Å². The molecule has 0 spiro atoms. The third kappa shape index (κ3) is 4.34. The maximum Gasteiger partial charge on any atom is 0.272 e. The normalized spacial score (nSPS) is 31.6. The van der Waals surface area contributed by atoms with Gasteiger partial charge in [-0.05, 0) is 37.6 Å². The van der Waals surface area contributed by atoms with E-state index in [2.05, 4.69) is 20.4 Å². The smallest absolute Gasteiger partial charge is 0.272 e. The lowest BCUT2D eigenvalue weighted by atomic mass is 9.84. The molecule has 2 aliphatic heterocycles. The summed E-state index contributed by atoms with van der Waals surface area (Å²) in [4.78, 5) is 10.8. The van der Waals surface area contributed by atoms with Crippen molar-refractivity contribution in [3.8, 4) is 0 Å². The van der Waals surface area contributed by atoms with Gasteiger partial charge in [-0.15, -0.1) is 0 Å². The van der Waals surface area contributed by atoms with Crippen LogP contribution in [0.3, 0.4) is 0 Å².